The van der Waals surface area contributed by atoms with Crippen LogP contribution in [0.1, 0.15) is 16.5 Å². The molecule has 1 aromatic heterocycles. The molecule has 0 spiro atoms. The SMILES string of the molecule is Cc1cnc(NC(=O)NCC(O)c2ccc(F)cc2)s1. The van der Waals surface area contributed by atoms with Crippen LogP contribution in [0.4, 0.5) is 14.3 Å². The van der Waals surface area contributed by atoms with Gasteiger partial charge < -0.3 is 10.4 Å². The van der Waals surface area contributed by atoms with E-state index < -0.39 is 12.1 Å². The van der Waals surface area contributed by atoms with Crippen molar-refractivity contribution in [2.75, 3.05) is 11.9 Å². The number of anilines is 1. The number of hydrogen-bond donors (Lipinski definition) is 3. The first kappa shape index (κ1) is 14.4. The lowest BCUT2D eigenvalue weighted by Gasteiger charge is -2.12. The number of hydrogen-bond acceptors (Lipinski definition) is 4. The fourth-order valence-electron chi connectivity index (χ4n) is 1.55. The summed E-state index contributed by atoms with van der Waals surface area (Å²) >= 11 is 1.36. The van der Waals surface area contributed by atoms with Crippen molar-refractivity contribution in [2.24, 2.45) is 0 Å². The van der Waals surface area contributed by atoms with E-state index in [-0.39, 0.29) is 12.4 Å². The van der Waals surface area contributed by atoms with E-state index in [1.54, 1.807) is 6.20 Å². The fraction of sp³-hybridized carbons (Fsp3) is 0.231. The summed E-state index contributed by atoms with van der Waals surface area (Å²) in [6.07, 6.45) is 0.771. The average molecular weight is 295 g/mol. The number of rotatable bonds is 4. The van der Waals surface area contributed by atoms with Gasteiger partial charge in [0.25, 0.3) is 0 Å². The number of amides is 2. The standard InChI is InChI=1S/C13H14FN3O2S/c1-8-6-16-13(20-8)17-12(19)15-7-11(18)9-2-4-10(14)5-3-9/h2-6,11,18H,7H2,1H3,(H2,15,16,17,19). The van der Waals surface area contributed by atoms with Gasteiger partial charge in [-0.25, -0.2) is 14.2 Å². The van der Waals surface area contributed by atoms with Crippen molar-refractivity contribution in [3.8, 4) is 0 Å². The van der Waals surface area contributed by atoms with Gasteiger partial charge in [-0.2, -0.15) is 0 Å². The number of nitrogens with one attached hydrogen (secondary N) is 2. The highest BCUT2D eigenvalue weighted by Gasteiger charge is 2.10. The first-order chi connectivity index (χ1) is 9.54. The van der Waals surface area contributed by atoms with Crippen LogP contribution in [0.25, 0.3) is 0 Å². The third kappa shape index (κ3) is 4.01. The quantitative estimate of drug-likeness (QED) is 0.811. The second-order valence-corrected chi connectivity index (χ2v) is 5.41. The molecule has 0 bridgehead atoms. The summed E-state index contributed by atoms with van der Waals surface area (Å²) in [5.74, 6) is -0.370. The zero-order chi connectivity index (χ0) is 14.5. The summed E-state index contributed by atoms with van der Waals surface area (Å²) in [6.45, 7) is 1.92. The normalized spacial score (nSPS) is 11.9. The van der Waals surface area contributed by atoms with E-state index in [2.05, 4.69) is 15.6 Å². The molecule has 1 heterocycles. The Balaban J connectivity index is 1.82. The summed E-state index contributed by atoms with van der Waals surface area (Å²) in [5.41, 5.74) is 0.539. The minimum Gasteiger partial charge on any atom is -0.387 e. The number of urea groups is 1. The van der Waals surface area contributed by atoms with Crippen molar-refractivity contribution in [2.45, 2.75) is 13.0 Å². The monoisotopic (exact) mass is 295 g/mol. The molecule has 0 saturated carbocycles. The largest absolute Gasteiger partial charge is 0.387 e. The molecular weight excluding hydrogens is 281 g/mol. The maximum atomic E-state index is 12.7. The maximum Gasteiger partial charge on any atom is 0.321 e. The number of carbonyl (C=O) groups is 1. The predicted octanol–water partition coefficient (Wildman–Crippen LogP) is 2.45. The van der Waals surface area contributed by atoms with Crippen LogP contribution in [0.3, 0.4) is 0 Å². The van der Waals surface area contributed by atoms with Crippen LogP contribution >= 0.6 is 11.3 Å². The first-order valence-corrected chi connectivity index (χ1v) is 6.77. The topological polar surface area (TPSA) is 74.2 Å². The summed E-state index contributed by atoms with van der Waals surface area (Å²) in [6, 6.07) is 5.03. The van der Waals surface area contributed by atoms with Gasteiger partial charge in [0.05, 0.1) is 6.10 Å². The third-order valence-corrected chi connectivity index (χ3v) is 3.38. The smallest absolute Gasteiger partial charge is 0.321 e. The van der Waals surface area contributed by atoms with Crippen LogP contribution < -0.4 is 10.6 Å². The Morgan fingerprint density at radius 1 is 1.45 bits per heavy atom. The number of aryl methyl sites for hydroxylation is 1. The Morgan fingerprint density at radius 2 is 2.15 bits per heavy atom. The van der Waals surface area contributed by atoms with Crippen LogP contribution in [-0.2, 0) is 0 Å². The third-order valence-electron chi connectivity index (χ3n) is 2.55. The van der Waals surface area contributed by atoms with Gasteiger partial charge in [-0.3, -0.25) is 5.32 Å². The molecule has 0 aliphatic rings. The van der Waals surface area contributed by atoms with Gasteiger partial charge in [0.2, 0.25) is 0 Å². The molecule has 3 N–H and O–H groups in total. The molecule has 1 atom stereocenters. The van der Waals surface area contributed by atoms with E-state index in [0.29, 0.717) is 10.7 Å². The lowest BCUT2D eigenvalue weighted by Crippen LogP contribution is -2.32. The molecule has 1 unspecified atom stereocenters. The highest BCUT2D eigenvalue weighted by atomic mass is 32.1. The fourth-order valence-corrected chi connectivity index (χ4v) is 2.21. The number of aliphatic hydroxyl groups is 1. The molecule has 20 heavy (non-hydrogen) atoms. The molecule has 1 aromatic carbocycles. The van der Waals surface area contributed by atoms with Gasteiger partial charge in [0.15, 0.2) is 5.13 Å². The van der Waals surface area contributed by atoms with Crippen LogP contribution in [-0.4, -0.2) is 22.7 Å². The van der Waals surface area contributed by atoms with Crippen molar-refractivity contribution >= 4 is 22.5 Å². The number of carbonyl (C=O) groups excluding carboxylic acids is 1. The first-order valence-electron chi connectivity index (χ1n) is 5.95. The van der Waals surface area contributed by atoms with Crippen LogP contribution in [0.15, 0.2) is 30.5 Å². The average Bonchev–Trinajstić information content (AvgIpc) is 2.82. The molecular formula is C13H14FN3O2S. The second-order valence-electron chi connectivity index (χ2n) is 4.18. The van der Waals surface area contributed by atoms with Crippen molar-refractivity contribution < 1.29 is 14.3 Å². The van der Waals surface area contributed by atoms with E-state index in [4.69, 9.17) is 0 Å². The molecule has 2 amide bonds. The van der Waals surface area contributed by atoms with Crippen molar-refractivity contribution in [3.63, 3.8) is 0 Å². The lowest BCUT2D eigenvalue weighted by molar-refractivity contribution is 0.175. The molecule has 2 aromatic rings. The Bertz CT molecular complexity index is 586. The van der Waals surface area contributed by atoms with Gasteiger partial charge in [-0.15, -0.1) is 11.3 Å². The van der Waals surface area contributed by atoms with Gasteiger partial charge in [-0.05, 0) is 24.6 Å². The predicted molar refractivity (Wildman–Crippen MR) is 75.2 cm³/mol. The lowest BCUT2D eigenvalue weighted by atomic mass is 10.1. The molecule has 2 rings (SSSR count). The summed E-state index contributed by atoms with van der Waals surface area (Å²) < 4.78 is 12.7. The number of aromatic nitrogens is 1. The number of aliphatic hydroxyl groups excluding tert-OH is 1. The zero-order valence-electron chi connectivity index (χ0n) is 10.8. The van der Waals surface area contributed by atoms with Crippen LogP contribution in [0.2, 0.25) is 0 Å². The van der Waals surface area contributed by atoms with E-state index >= 15 is 0 Å². The summed E-state index contributed by atoms with van der Waals surface area (Å²) in [5, 5.41) is 15.4. The van der Waals surface area contributed by atoms with E-state index in [1.807, 2.05) is 6.92 Å². The molecule has 5 nitrogen and oxygen atoms in total. The molecule has 106 valence electrons. The van der Waals surface area contributed by atoms with Crippen molar-refractivity contribution in [1.82, 2.24) is 10.3 Å². The molecule has 0 saturated heterocycles. The molecule has 0 aliphatic heterocycles. The van der Waals surface area contributed by atoms with Crippen molar-refractivity contribution in [3.05, 3.63) is 46.7 Å². The van der Waals surface area contributed by atoms with Crippen molar-refractivity contribution in [1.29, 1.82) is 0 Å². The van der Waals surface area contributed by atoms with Gasteiger partial charge in [-0.1, -0.05) is 12.1 Å². The second kappa shape index (κ2) is 6.44. The van der Waals surface area contributed by atoms with E-state index in [0.717, 1.165) is 4.88 Å². The Labute approximate surface area is 119 Å². The maximum absolute atomic E-state index is 12.7. The number of halogens is 1. The molecule has 0 fully saturated rings. The number of thiazole rings is 1. The molecule has 7 heteroatoms. The van der Waals surface area contributed by atoms with Gasteiger partial charge in [0.1, 0.15) is 5.82 Å². The van der Waals surface area contributed by atoms with Gasteiger partial charge >= 0.3 is 6.03 Å². The zero-order valence-corrected chi connectivity index (χ0v) is 11.6. The Kier molecular flexibility index (Phi) is 4.65. The molecule has 0 aliphatic carbocycles. The van der Waals surface area contributed by atoms with E-state index in [1.165, 1.54) is 35.6 Å². The Morgan fingerprint density at radius 3 is 2.75 bits per heavy atom. The highest BCUT2D eigenvalue weighted by molar-refractivity contribution is 7.15. The number of benzene rings is 1. The van der Waals surface area contributed by atoms with E-state index in [9.17, 15) is 14.3 Å². The summed E-state index contributed by atoms with van der Waals surface area (Å²) in [4.78, 5) is 16.6. The molecule has 0 radical (unpaired) electrons. The van der Waals surface area contributed by atoms with Crippen LogP contribution in [0.5, 0.6) is 0 Å². The summed E-state index contributed by atoms with van der Waals surface area (Å²) in [7, 11) is 0. The highest BCUT2D eigenvalue weighted by Crippen LogP contribution is 2.16. The van der Waals surface area contributed by atoms with Gasteiger partial charge in [0, 0.05) is 17.6 Å². The Hall–Kier alpha value is -1.99. The minimum absolute atomic E-state index is 0.0296. The van der Waals surface area contributed by atoms with Crippen LogP contribution in [0, 0.1) is 12.7 Å². The number of nitrogens with zero attached hydrogens (tertiary/aromatic N) is 1. The minimum atomic E-state index is -0.889.